The Morgan fingerprint density at radius 2 is 2.50 bits per heavy atom. The molecular weight excluding hydrogens is 194 g/mol. The van der Waals surface area contributed by atoms with Crippen molar-refractivity contribution in [2.75, 3.05) is 6.54 Å². The highest BCUT2D eigenvalue weighted by Gasteiger charge is 1.92. The molecule has 0 radical (unpaired) electrons. The summed E-state index contributed by atoms with van der Waals surface area (Å²) in [5.41, 5.74) is 0. The first-order valence-corrected chi connectivity index (χ1v) is 5.52. The molecule has 0 aliphatic carbocycles. The van der Waals surface area contributed by atoms with Crippen molar-refractivity contribution in [3.63, 3.8) is 0 Å². The molecular formula is C10H13N3S. The minimum Gasteiger partial charge on any atom is -0.336 e. The second-order valence-corrected chi connectivity index (χ2v) is 4.09. The van der Waals surface area contributed by atoms with E-state index in [4.69, 9.17) is 0 Å². The van der Waals surface area contributed by atoms with Gasteiger partial charge in [-0.25, -0.2) is 4.98 Å². The van der Waals surface area contributed by atoms with Gasteiger partial charge in [-0.15, -0.1) is 11.3 Å². The van der Waals surface area contributed by atoms with Crippen molar-refractivity contribution in [3.8, 4) is 0 Å². The van der Waals surface area contributed by atoms with Crippen LogP contribution in [0.2, 0.25) is 0 Å². The third-order valence-corrected chi connectivity index (χ3v) is 2.86. The summed E-state index contributed by atoms with van der Waals surface area (Å²) in [6.45, 7) is 2.92. The van der Waals surface area contributed by atoms with Crippen molar-refractivity contribution in [1.82, 2.24) is 14.9 Å². The van der Waals surface area contributed by atoms with E-state index in [1.165, 1.54) is 4.88 Å². The van der Waals surface area contributed by atoms with Gasteiger partial charge in [-0.2, -0.15) is 0 Å². The van der Waals surface area contributed by atoms with Gasteiger partial charge >= 0.3 is 0 Å². The molecule has 2 heterocycles. The average Bonchev–Trinajstić information content (AvgIpc) is 2.86. The Hall–Kier alpha value is -1.13. The molecule has 4 heteroatoms. The lowest BCUT2D eigenvalue weighted by atomic mass is 10.4. The number of imidazole rings is 1. The maximum absolute atomic E-state index is 3.99. The zero-order chi connectivity index (χ0) is 9.64. The van der Waals surface area contributed by atoms with Crippen LogP contribution < -0.4 is 5.32 Å². The van der Waals surface area contributed by atoms with Gasteiger partial charge in [0.2, 0.25) is 0 Å². The van der Waals surface area contributed by atoms with Crippen LogP contribution in [-0.4, -0.2) is 16.1 Å². The highest BCUT2D eigenvalue weighted by atomic mass is 32.1. The molecule has 0 saturated carbocycles. The van der Waals surface area contributed by atoms with E-state index in [2.05, 4.69) is 32.4 Å². The van der Waals surface area contributed by atoms with Gasteiger partial charge in [0, 0.05) is 36.9 Å². The average molecular weight is 207 g/mol. The number of rotatable bonds is 5. The molecule has 0 aliphatic heterocycles. The number of hydrogen-bond acceptors (Lipinski definition) is 3. The normalized spacial score (nSPS) is 10.6. The van der Waals surface area contributed by atoms with Crippen LogP contribution in [0.5, 0.6) is 0 Å². The van der Waals surface area contributed by atoms with Gasteiger partial charge in [-0.1, -0.05) is 6.07 Å². The lowest BCUT2D eigenvalue weighted by Gasteiger charge is -2.03. The molecule has 2 rings (SSSR count). The number of hydrogen-bond donors (Lipinski definition) is 1. The number of nitrogens with one attached hydrogen (secondary N) is 1. The van der Waals surface area contributed by atoms with E-state index in [0.29, 0.717) is 0 Å². The summed E-state index contributed by atoms with van der Waals surface area (Å²) >= 11 is 1.79. The van der Waals surface area contributed by atoms with Crippen LogP contribution in [0.3, 0.4) is 0 Å². The minimum atomic E-state index is 0.965. The maximum atomic E-state index is 3.99. The molecule has 0 bridgehead atoms. The van der Waals surface area contributed by atoms with Crippen LogP contribution in [0.4, 0.5) is 0 Å². The Balaban J connectivity index is 1.65. The molecule has 74 valence electrons. The van der Waals surface area contributed by atoms with Crippen molar-refractivity contribution < 1.29 is 0 Å². The molecule has 14 heavy (non-hydrogen) atoms. The quantitative estimate of drug-likeness (QED) is 0.757. The molecule has 0 aliphatic rings. The van der Waals surface area contributed by atoms with Crippen molar-refractivity contribution in [2.24, 2.45) is 0 Å². The van der Waals surface area contributed by atoms with Gasteiger partial charge in [0.05, 0.1) is 6.33 Å². The van der Waals surface area contributed by atoms with Crippen LogP contribution in [0.25, 0.3) is 0 Å². The molecule has 3 nitrogen and oxygen atoms in total. The first kappa shape index (κ1) is 9.43. The van der Waals surface area contributed by atoms with Gasteiger partial charge in [-0.3, -0.25) is 0 Å². The van der Waals surface area contributed by atoms with E-state index >= 15 is 0 Å². The number of thiophene rings is 1. The van der Waals surface area contributed by atoms with E-state index in [0.717, 1.165) is 19.6 Å². The first-order chi connectivity index (χ1) is 6.95. The SMILES string of the molecule is c1csc(CNCCn2ccnc2)c1. The van der Waals surface area contributed by atoms with Crippen molar-refractivity contribution in [1.29, 1.82) is 0 Å². The van der Waals surface area contributed by atoms with Crippen LogP contribution >= 0.6 is 11.3 Å². The van der Waals surface area contributed by atoms with Gasteiger partial charge < -0.3 is 9.88 Å². The fourth-order valence-corrected chi connectivity index (χ4v) is 1.93. The van der Waals surface area contributed by atoms with E-state index in [-0.39, 0.29) is 0 Å². The Labute approximate surface area is 87.4 Å². The molecule has 2 aromatic rings. The van der Waals surface area contributed by atoms with Crippen molar-refractivity contribution in [3.05, 3.63) is 41.1 Å². The number of nitrogens with zero attached hydrogens (tertiary/aromatic N) is 2. The lowest BCUT2D eigenvalue weighted by molar-refractivity contribution is 0.600. The highest BCUT2D eigenvalue weighted by Crippen LogP contribution is 2.06. The summed E-state index contributed by atoms with van der Waals surface area (Å²) in [6.07, 6.45) is 5.62. The molecule has 0 unspecified atom stereocenters. The number of aromatic nitrogens is 2. The molecule has 0 amide bonds. The second kappa shape index (κ2) is 4.93. The molecule has 2 aromatic heterocycles. The van der Waals surface area contributed by atoms with Crippen LogP contribution in [0, 0.1) is 0 Å². The minimum absolute atomic E-state index is 0.965. The lowest BCUT2D eigenvalue weighted by Crippen LogP contribution is -2.18. The predicted molar refractivity (Wildman–Crippen MR) is 58.3 cm³/mol. The zero-order valence-corrected chi connectivity index (χ0v) is 8.70. The Bertz CT molecular complexity index is 303. The Morgan fingerprint density at radius 3 is 3.21 bits per heavy atom. The van der Waals surface area contributed by atoms with E-state index in [1.807, 2.05) is 12.5 Å². The first-order valence-electron chi connectivity index (χ1n) is 4.64. The Kier molecular flexibility index (Phi) is 3.32. The molecule has 1 N–H and O–H groups in total. The summed E-state index contributed by atoms with van der Waals surface area (Å²) in [5, 5.41) is 5.49. The van der Waals surface area contributed by atoms with Crippen LogP contribution in [0.1, 0.15) is 4.88 Å². The van der Waals surface area contributed by atoms with Gasteiger partial charge in [0.25, 0.3) is 0 Å². The van der Waals surface area contributed by atoms with Crippen LogP contribution in [-0.2, 0) is 13.1 Å². The molecule has 0 aromatic carbocycles. The van der Waals surface area contributed by atoms with E-state index in [1.54, 1.807) is 17.5 Å². The monoisotopic (exact) mass is 207 g/mol. The predicted octanol–water partition coefficient (Wildman–Crippen LogP) is 1.73. The molecule has 0 spiro atoms. The Morgan fingerprint density at radius 1 is 1.50 bits per heavy atom. The van der Waals surface area contributed by atoms with Crippen molar-refractivity contribution in [2.45, 2.75) is 13.1 Å². The molecule has 0 atom stereocenters. The van der Waals surface area contributed by atoms with E-state index < -0.39 is 0 Å². The highest BCUT2D eigenvalue weighted by molar-refractivity contribution is 7.09. The largest absolute Gasteiger partial charge is 0.336 e. The van der Waals surface area contributed by atoms with Crippen molar-refractivity contribution >= 4 is 11.3 Å². The maximum Gasteiger partial charge on any atom is 0.0946 e. The topological polar surface area (TPSA) is 29.9 Å². The second-order valence-electron chi connectivity index (χ2n) is 3.06. The third kappa shape index (κ3) is 2.68. The fraction of sp³-hybridized carbons (Fsp3) is 0.300. The fourth-order valence-electron chi connectivity index (χ4n) is 1.25. The molecule has 0 fully saturated rings. The third-order valence-electron chi connectivity index (χ3n) is 1.99. The summed E-state index contributed by atoms with van der Waals surface area (Å²) < 4.78 is 2.07. The summed E-state index contributed by atoms with van der Waals surface area (Å²) in [6, 6.07) is 4.23. The van der Waals surface area contributed by atoms with Gasteiger partial charge in [-0.05, 0) is 11.4 Å². The van der Waals surface area contributed by atoms with Gasteiger partial charge in [0.1, 0.15) is 0 Å². The smallest absolute Gasteiger partial charge is 0.0946 e. The zero-order valence-electron chi connectivity index (χ0n) is 7.89. The van der Waals surface area contributed by atoms with E-state index in [9.17, 15) is 0 Å². The van der Waals surface area contributed by atoms with Gasteiger partial charge in [0.15, 0.2) is 0 Å². The summed E-state index contributed by atoms with van der Waals surface area (Å²) in [7, 11) is 0. The summed E-state index contributed by atoms with van der Waals surface area (Å²) in [4.78, 5) is 5.37. The summed E-state index contributed by atoms with van der Waals surface area (Å²) in [5.74, 6) is 0. The van der Waals surface area contributed by atoms with Crippen LogP contribution in [0.15, 0.2) is 36.2 Å². The standard InChI is InChI=1S/C10H13N3S/c1-2-10(14-7-1)8-11-3-5-13-6-4-12-9-13/h1-2,4,6-7,9,11H,3,5,8H2. The molecule has 0 saturated heterocycles.